The van der Waals surface area contributed by atoms with Crippen LogP contribution in [0, 0.1) is 0 Å². The number of aliphatic imine (C=N–C) groups is 1. The van der Waals surface area contributed by atoms with E-state index in [2.05, 4.69) is 44.3 Å². The van der Waals surface area contributed by atoms with E-state index in [9.17, 15) is 9.67 Å². The van der Waals surface area contributed by atoms with E-state index >= 15 is 0 Å². The fraction of sp³-hybridized carbons (Fsp3) is 0.842. The van der Waals surface area contributed by atoms with Crippen LogP contribution >= 0.6 is 7.82 Å². The van der Waals surface area contributed by atoms with Crippen molar-refractivity contribution in [3.8, 4) is 0 Å². The molecule has 0 saturated carbocycles. The summed E-state index contributed by atoms with van der Waals surface area (Å²) in [7, 11) is -4.74. The Balaban J connectivity index is 2.84. The largest absolute Gasteiger partial charge is 0.476 e. The van der Waals surface area contributed by atoms with Crippen molar-refractivity contribution in [1.82, 2.24) is 4.90 Å². The van der Waals surface area contributed by atoms with Crippen LogP contribution in [0.25, 0.3) is 0 Å². The topological polar surface area (TPSA) is 80.6 Å². The Hall–Kier alpha value is -0.286. The summed E-state index contributed by atoms with van der Waals surface area (Å²) in [6, 6.07) is 1.74. The van der Waals surface area contributed by atoms with E-state index in [4.69, 9.17) is 13.6 Å². The minimum atomic E-state index is -3.73. The molecule has 170 valence electrons. The standard InChI is InChI=1S/C19H41N2O5PSi2/c1-9-17-10-11-18(22)21(19(17)20-2)16-26-27(23,24-12-14-28(3,4)5)25-13-15-29(6,7)8/h9,18,22H,10-16H2,1-8H3/b17-9-,20-19?. The van der Waals surface area contributed by atoms with Gasteiger partial charge in [-0.25, -0.2) is 4.57 Å². The first-order valence-electron chi connectivity index (χ1n) is 10.4. The van der Waals surface area contributed by atoms with Crippen molar-refractivity contribution in [3.63, 3.8) is 0 Å². The van der Waals surface area contributed by atoms with E-state index < -0.39 is 30.2 Å². The van der Waals surface area contributed by atoms with Gasteiger partial charge < -0.3 is 10.0 Å². The van der Waals surface area contributed by atoms with E-state index in [-0.39, 0.29) is 6.73 Å². The molecule has 0 amide bonds. The van der Waals surface area contributed by atoms with Crippen molar-refractivity contribution >= 4 is 29.8 Å². The second-order valence-corrected chi connectivity index (χ2v) is 22.8. The zero-order valence-electron chi connectivity index (χ0n) is 19.5. The third-order valence-corrected chi connectivity index (χ3v) is 9.55. The minimum absolute atomic E-state index is 0.0949. The van der Waals surface area contributed by atoms with Crippen molar-refractivity contribution in [1.29, 1.82) is 0 Å². The third-order valence-electron chi connectivity index (χ3n) is 4.71. The molecule has 1 aliphatic rings. The second kappa shape index (κ2) is 11.4. The number of phosphoric acid groups is 1. The SMILES string of the molecule is C/C=C1/CCC(O)N(COP(=O)(OCC[Si](C)(C)C)OCC[Si](C)(C)C)C1=NC. The Labute approximate surface area is 179 Å². The van der Waals surface area contributed by atoms with Gasteiger partial charge in [-0.2, -0.15) is 0 Å². The van der Waals surface area contributed by atoms with Gasteiger partial charge in [0.1, 0.15) is 18.8 Å². The Morgan fingerprint density at radius 3 is 2.03 bits per heavy atom. The van der Waals surface area contributed by atoms with Crippen LogP contribution < -0.4 is 0 Å². The molecule has 1 unspecified atom stereocenters. The van der Waals surface area contributed by atoms with Crippen LogP contribution in [-0.2, 0) is 18.1 Å². The van der Waals surface area contributed by atoms with Crippen molar-refractivity contribution < 1.29 is 23.2 Å². The van der Waals surface area contributed by atoms with E-state index in [1.165, 1.54) is 0 Å². The van der Waals surface area contributed by atoms with Crippen LogP contribution in [0.3, 0.4) is 0 Å². The average Bonchev–Trinajstić information content (AvgIpc) is 2.58. The predicted molar refractivity (Wildman–Crippen MR) is 126 cm³/mol. The maximum atomic E-state index is 13.3. The number of rotatable bonds is 11. The van der Waals surface area contributed by atoms with Gasteiger partial charge in [-0.3, -0.25) is 18.6 Å². The summed E-state index contributed by atoms with van der Waals surface area (Å²) in [5, 5.41) is 10.4. The predicted octanol–water partition coefficient (Wildman–Crippen LogP) is 5.17. The lowest BCUT2D eigenvalue weighted by molar-refractivity contribution is -0.0127. The molecular formula is C19H41N2O5PSi2. The fourth-order valence-electron chi connectivity index (χ4n) is 2.74. The number of piperidine rings is 1. The second-order valence-electron chi connectivity index (χ2n) is 9.84. The summed E-state index contributed by atoms with van der Waals surface area (Å²) in [6.45, 7) is 16.0. The molecule has 0 radical (unpaired) electrons. The summed E-state index contributed by atoms with van der Waals surface area (Å²) in [5.74, 6) is 0.655. The molecule has 1 atom stereocenters. The molecule has 0 aromatic heterocycles. The summed E-state index contributed by atoms with van der Waals surface area (Å²) < 4.78 is 30.3. The first-order valence-corrected chi connectivity index (χ1v) is 19.3. The van der Waals surface area contributed by atoms with Crippen molar-refractivity contribution in [3.05, 3.63) is 11.6 Å². The molecule has 1 fully saturated rings. The average molecular weight is 465 g/mol. The maximum Gasteiger partial charge on any atom is 0.476 e. The van der Waals surface area contributed by atoms with Gasteiger partial charge in [0.2, 0.25) is 0 Å². The molecule has 1 N–H and O–H groups in total. The summed E-state index contributed by atoms with van der Waals surface area (Å²) in [5.41, 5.74) is 1.04. The van der Waals surface area contributed by atoms with Gasteiger partial charge in [-0.15, -0.1) is 0 Å². The van der Waals surface area contributed by atoms with E-state index in [1.54, 1.807) is 11.9 Å². The molecule has 1 aliphatic heterocycles. The number of aliphatic hydroxyl groups excluding tert-OH is 1. The number of allylic oxidation sites excluding steroid dienone is 1. The van der Waals surface area contributed by atoms with Crippen molar-refractivity contribution in [2.75, 3.05) is 27.0 Å². The third kappa shape index (κ3) is 10.0. The first-order chi connectivity index (χ1) is 13.3. The van der Waals surface area contributed by atoms with Crippen LogP contribution in [0.2, 0.25) is 51.4 Å². The molecule has 0 aromatic carbocycles. The smallest absolute Gasteiger partial charge is 0.373 e. The van der Waals surface area contributed by atoms with Gasteiger partial charge in [-0.1, -0.05) is 45.4 Å². The summed E-state index contributed by atoms with van der Waals surface area (Å²) in [4.78, 5) is 5.92. The Bertz CT molecular complexity index is 605. The molecule has 1 saturated heterocycles. The molecule has 0 bridgehead atoms. The van der Waals surface area contributed by atoms with E-state index in [1.807, 2.05) is 13.0 Å². The molecule has 0 aromatic rings. The normalized spacial score (nSPS) is 22.0. The Morgan fingerprint density at radius 1 is 1.10 bits per heavy atom. The highest BCUT2D eigenvalue weighted by Gasteiger charge is 2.33. The first kappa shape index (κ1) is 26.7. The number of amidine groups is 1. The number of aliphatic hydroxyl groups is 1. The van der Waals surface area contributed by atoms with Gasteiger partial charge >= 0.3 is 7.82 Å². The zero-order chi connectivity index (χ0) is 22.3. The monoisotopic (exact) mass is 464 g/mol. The lowest BCUT2D eigenvalue weighted by atomic mass is 10.0. The van der Waals surface area contributed by atoms with Crippen LogP contribution in [0.1, 0.15) is 19.8 Å². The van der Waals surface area contributed by atoms with Gasteiger partial charge in [0, 0.05) is 23.2 Å². The molecule has 29 heavy (non-hydrogen) atoms. The number of hydrogen-bond donors (Lipinski definition) is 1. The summed E-state index contributed by atoms with van der Waals surface area (Å²) >= 11 is 0. The number of likely N-dealkylation sites (tertiary alicyclic amines) is 1. The molecule has 1 heterocycles. The van der Waals surface area contributed by atoms with Gasteiger partial charge in [-0.05, 0) is 37.4 Å². The fourth-order valence-corrected chi connectivity index (χ4v) is 5.63. The molecule has 1 rings (SSSR count). The minimum Gasteiger partial charge on any atom is -0.373 e. The van der Waals surface area contributed by atoms with Gasteiger partial charge in [0.15, 0.2) is 0 Å². The highest BCUT2D eigenvalue weighted by atomic mass is 31.2. The lowest BCUT2D eigenvalue weighted by Crippen LogP contribution is -2.45. The number of nitrogens with zero attached hydrogens (tertiary/aromatic N) is 2. The molecule has 0 aliphatic carbocycles. The van der Waals surface area contributed by atoms with E-state index in [0.717, 1.165) is 24.1 Å². The van der Waals surface area contributed by atoms with Crippen LogP contribution in [0.5, 0.6) is 0 Å². The van der Waals surface area contributed by atoms with E-state index in [0.29, 0.717) is 25.5 Å². The summed E-state index contributed by atoms with van der Waals surface area (Å²) in [6.07, 6.45) is 2.56. The zero-order valence-corrected chi connectivity index (χ0v) is 22.4. The quantitative estimate of drug-likeness (QED) is 0.336. The molecular weight excluding hydrogens is 423 g/mol. The maximum absolute atomic E-state index is 13.3. The highest BCUT2D eigenvalue weighted by Crippen LogP contribution is 2.50. The number of hydrogen-bond acceptors (Lipinski definition) is 6. The van der Waals surface area contributed by atoms with Crippen LogP contribution in [-0.4, -0.2) is 65.2 Å². The van der Waals surface area contributed by atoms with Gasteiger partial charge in [0.25, 0.3) is 0 Å². The number of phosphoric ester groups is 1. The molecule has 7 nitrogen and oxygen atoms in total. The highest BCUT2D eigenvalue weighted by molar-refractivity contribution is 7.48. The van der Waals surface area contributed by atoms with Crippen LogP contribution in [0.15, 0.2) is 16.6 Å². The van der Waals surface area contributed by atoms with Gasteiger partial charge in [0.05, 0.1) is 13.2 Å². The molecule has 0 spiro atoms. The van der Waals surface area contributed by atoms with Crippen molar-refractivity contribution in [2.24, 2.45) is 4.99 Å². The van der Waals surface area contributed by atoms with Crippen molar-refractivity contribution in [2.45, 2.75) is 77.4 Å². The Morgan fingerprint density at radius 2 is 1.62 bits per heavy atom. The lowest BCUT2D eigenvalue weighted by Gasteiger charge is -2.36. The Kier molecular flexibility index (Phi) is 10.5. The molecule has 10 heteroatoms. The van der Waals surface area contributed by atoms with Crippen LogP contribution in [0.4, 0.5) is 0 Å².